The van der Waals surface area contributed by atoms with Crippen molar-refractivity contribution in [1.29, 1.82) is 0 Å². The number of aromatic nitrogens is 6. The fourth-order valence-electron chi connectivity index (χ4n) is 7.03. The molecule has 12 nitrogen and oxygen atoms in total. The van der Waals surface area contributed by atoms with E-state index in [0.29, 0.717) is 44.6 Å². The monoisotopic (exact) mass is 898 g/mol. The van der Waals surface area contributed by atoms with Gasteiger partial charge in [0.05, 0.1) is 21.2 Å². The van der Waals surface area contributed by atoms with Crippen molar-refractivity contribution in [2.24, 2.45) is 0 Å². The van der Waals surface area contributed by atoms with Crippen LogP contribution < -0.4 is 59.1 Å². The van der Waals surface area contributed by atoms with Crippen LogP contribution in [0.2, 0.25) is 0 Å². The van der Waals surface area contributed by atoms with Crippen molar-refractivity contribution in [3.63, 3.8) is 0 Å². The van der Waals surface area contributed by atoms with Gasteiger partial charge in [-0.25, -0.2) is 16.8 Å². The summed E-state index contributed by atoms with van der Waals surface area (Å²) in [4.78, 5) is 2.08. The van der Waals surface area contributed by atoms with Crippen molar-refractivity contribution in [3.8, 4) is 11.4 Å². The summed E-state index contributed by atoms with van der Waals surface area (Å²) in [5.74, 6) is 0. The van der Waals surface area contributed by atoms with Crippen LogP contribution in [0.25, 0.3) is 79.3 Å². The van der Waals surface area contributed by atoms with E-state index in [1.54, 1.807) is 48.6 Å². The molecule has 0 bridgehead atoms. The maximum Gasteiger partial charge on any atom is 1.00 e. The smallest absolute Gasteiger partial charge is 0.744 e. The van der Waals surface area contributed by atoms with Crippen LogP contribution >= 0.6 is 0 Å². The van der Waals surface area contributed by atoms with Gasteiger partial charge in [-0.1, -0.05) is 158 Å². The third-order valence-corrected chi connectivity index (χ3v) is 11.8. The Morgan fingerprint density at radius 2 is 0.781 bits per heavy atom. The SMILES string of the molecule is O=S(=O)([O-])c1cc(-n2nc3ccc4ccccc4c3n2)ccc1/C=C/c1ccccc1.O=S(=O)([O-])c1cc(-n2nc3ccc4ccccc4c3n2)ccc1/C=C/c1ccccc1.[Na+].[Na+]. The van der Waals surface area contributed by atoms with E-state index in [4.69, 9.17) is 0 Å². The Kier molecular flexibility index (Phi) is 14.2. The van der Waals surface area contributed by atoms with E-state index in [1.165, 1.54) is 21.7 Å². The summed E-state index contributed by atoms with van der Waals surface area (Å²) in [6.07, 6.45) is 6.75. The van der Waals surface area contributed by atoms with E-state index in [9.17, 15) is 25.9 Å². The van der Waals surface area contributed by atoms with Gasteiger partial charge in [-0.05, 0) is 69.4 Å². The first-order chi connectivity index (χ1) is 30.0. The predicted molar refractivity (Wildman–Crippen MR) is 239 cm³/mol. The van der Waals surface area contributed by atoms with Gasteiger partial charge in [-0.3, -0.25) is 0 Å². The molecule has 0 radical (unpaired) electrons. The van der Waals surface area contributed by atoms with Crippen molar-refractivity contribution in [2.75, 3.05) is 0 Å². The molecule has 0 unspecified atom stereocenters. The maximum absolute atomic E-state index is 12.0. The molecule has 8 aromatic carbocycles. The van der Waals surface area contributed by atoms with E-state index >= 15 is 0 Å². The Morgan fingerprint density at radius 3 is 1.17 bits per heavy atom. The molecular weight excluding hydrogens is 867 g/mol. The predicted octanol–water partition coefficient (Wildman–Crippen LogP) is 3.30. The first kappa shape index (κ1) is 46.4. The van der Waals surface area contributed by atoms with Crippen LogP contribution in [0.1, 0.15) is 22.3 Å². The van der Waals surface area contributed by atoms with Crippen molar-refractivity contribution < 1.29 is 85.1 Å². The molecule has 10 aromatic rings. The van der Waals surface area contributed by atoms with Crippen LogP contribution in [0.4, 0.5) is 0 Å². The largest absolute Gasteiger partial charge is 1.00 e. The normalized spacial score (nSPS) is 11.8. The first-order valence-electron chi connectivity index (χ1n) is 19.1. The number of hydrogen-bond acceptors (Lipinski definition) is 10. The van der Waals surface area contributed by atoms with Crippen molar-refractivity contribution in [2.45, 2.75) is 9.79 Å². The molecule has 0 N–H and O–H groups in total. The summed E-state index contributed by atoms with van der Waals surface area (Å²) < 4.78 is 71.7. The minimum atomic E-state index is -4.70. The Labute approximate surface area is 412 Å². The summed E-state index contributed by atoms with van der Waals surface area (Å²) in [5.41, 5.74) is 5.97. The number of rotatable bonds is 8. The van der Waals surface area contributed by atoms with Crippen molar-refractivity contribution in [1.82, 2.24) is 30.0 Å². The third-order valence-electron chi connectivity index (χ3n) is 10.1. The van der Waals surface area contributed by atoms with Crippen LogP contribution in [0.15, 0.2) is 180 Å². The van der Waals surface area contributed by atoms with Crippen molar-refractivity contribution in [3.05, 3.63) is 192 Å². The maximum atomic E-state index is 12.0. The zero-order valence-electron chi connectivity index (χ0n) is 34.4. The van der Waals surface area contributed by atoms with Gasteiger partial charge < -0.3 is 9.11 Å². The van der Waals surface area contributed by atoms with Gasteiger partial charge in [0.2, 0.25) is 0 Å². The fourth-order valence-corrected chi connectivity index (χ4v) is 8.41. The molecule has 0 saturated heterocycles. The average Bonchev–Trinajstić information content (AvgIpc) is 3.94. The van der Waals surface area contributed by atoms with E-state index in [-0.39, 0.29) is 68.9 Å². The first-order valence-corrected chi connectivity index (χ1v) is 22.0. The van der Waals surface area contributed by atoms with Gasteiger partial charge in [0.1, 0.15) is 42.3 Å². The Morgan fingerprint density at radius 1 is 0.406 bits per heavy atom. The second-order valence-corrected chi connectivity index (χ2v) is 16.8. The summed E-state index contributed by atoms with van der Waals surface area (Å²) in [5, 5.41) is 22.0. The topological polar surface area (TPSA) is 176 Å². The quantitative estimate of drug-likeness (QED) is 0.125. The second kappa shape index (κ2) is 19.6. The Bertz CT molecular complexity index is 3360. The van der Waals surface area contributed by atoms with Gasteiger partial charge in [-0.15, -0.1) is 20.4 Å². The Balaban J connectivity index is 0.000000186. The molecule has 0 aliphatic heterocycles. The minimum Gasteiger partial charge on any atom is -0.744 e. The number of nitrogens with zero attached hydrogens (tertiary/aromatic N) is 6. The van der Waals surface area contributed by atoms with Crippen LogP contribution in [0, 0.1) is 0 Å². The molecule has 2 aromatic heterocycles. The van der Waals surface area contributed by atoms with Gasteiger partial charge in [0, 0.05) is 10.8 Å². The average molecular weight is 899 g/mol. The molecule has 0 spiro atoms. The summed E-state index contributed by atoms with van der Waals surface area (Å²) in [6.45, 7) is 0. The van der Waals surface area contributed by atoms with E-state index < -0.39 is 20.2 Å². The number of benzene rings is 8. The van der Waals surface area contributed by atoms with Gasteiger partial charge in [-0.2, -0.15) is 9.59 Å². The van der Waals surface area contributed by atoms with E-state index in [1.807, 2.05) is 133 Å². The molecule has 0 aliphatic carbocycles. The minimum absolute atomic E-state index is 0. The van der Waals surface area contributed by atoms with Gasteiger partial charge >= 0.3 is 59.1 Å². The van der Waals surface area contributed by atoms with Gasteiger partial charge in [0.15, 0.2) is 0 Å². The molecule has 0 aliphatic rings. The van der Waals surface area contributed by atoms with Gasteiger partial charge in [0.25, 0.3) is 0 Å². The molecule has 16 heteroatoms. The molecule has 0 amide bonds. The number of hydrogen-bond donors (Lipinski definition) is 0. The van der Waals surface area contributed by atoms with Crippen LogP contribution in [-0.2, 0) is 20.2 Å². The van der Waals surface area contributed by atoms with Crippen molar-refractivity contribution >= 4 is 88.2 Å². The molecule has 304 valence electrons. The van der Waals surface area contributed by atoms with E-state index in [2.05, 4.69) is 20.4 Å². The molecule has 10 rings (SSSR count). The second-order valence-electron chi connectivity index (χ2n) is 14.1. The molecule has 0 atom stereocenters. The molecule has 0 saturated carbocycles. The van der Waals surface area contributed by atoms with Crippen LogP contribution in [-0.4, -0.2) is 55.9 Å². The molecule has 0 fully saturated rings. The molecule has 2 heterocycles. The molecular formula is C48H32N6Na2O6S2. The summed E-state index contributed by atoms with van der Waals surface area (Å²) in [6, 6.07) is 51.4. The van der Waals surface area contributed by atoms with Crippen LogP contribution in [0.5, 0.6) is 0 Å². The Hall–Kier alpha value is -5.62. The summed E-state index contributed by atoms with van der Waals surface area (Å²) >= 11 is 0. The third kappa shape index (κ3) is 10.2. The zero-order chi connectivity index (χ0) is 42.8. The van der Waals surface area contributed by atoms with E-state index in [0.717, 1.165) is 32.7 Å². The van der Waals surface area contributed by atoms with Crippen LogP contribution in [0.3, 0.4) is 0 Å². The summed E-state index contributed by atoms with van der Waals surface area (Å²) in [7, 11) is -9.41. The fraction of sp³-hybridized carbons (Fsp3) is 0. The number of fused-ring (bicyclic) bond motifs is 6. The molecule has 64 heavy (non-hydrogen) atoms. The standard InChI is InChI=1S/2C24H17N3O3S.2Na/c2*28-31(29,30)23-16-20(14-12-19(23)11-10-17-6-2-1-3-7-17)27-25-22-15-13-18-8-4-5-9-21(18)24(22)26-27;;/h2*1-16H,(H,28,29,30);;/q;;2*+1/p-2/b2*11-10+;;. The zero-order valence-corrected chi connectivity index (χ0v) is 40.1.